The number of ether oxygens (including phenoxy) is 2. The van der Waals surface area contributed by atoms with E-state index in [2.05, 4.69) is 35.1 Å². The van der Waals surface area contributed by atoms with Gasteiger partial charge >= 0.3 is 0 Å². The van der Waals surface area contributed by atoms with E-state index in [-0.39, 0.29) is 18.6 Å². The highest BCUT2D eigenvalue weighted by Crippen LogP contribution is 2.28. The van der Waals surface area contributed by atoms with E-state index in [9.17, 15) is 4.79 Å². The van der Waals surface area contributed by atoms with Crippen LogP contribution in [-0.2, 0) is 4.79 Å². The normalized spacial score (nSPS) is 11.9. The van der Waals surface area contributed by atoms with Gasteiger partial charge in [-0.05, 0) is 64.2 Å². The second-order valence-electron chi connectivity index (χ2n) is 6.20. The molecule has 0 aromatic heterocycles. The Morgan fingerprint density at radius 3 is 2.28 bits per heavy atom. The average molecular weight is 406 g/mol. The first-order valence-corrected chi connectivity index (χ1v) is 9.05. The summed E-state index contributed by atoms with van der Waals surface area (Å²) in [5, 5.41) is 2.93. The summed E-state index contributed by atoms with van der Waals surface area (Å²) in [5.41, 5.74) is 2.23. The van der Waals surface area contributed by atoms with Gasteiger partial charge in [0.25, 0.3) is 5.91 Å². The standard InChI is InChI=1S/C20H24BrNO3/c1-13(2)16-7-10-19(18(21)11-16)25-12-20(23)22-14(3)15-5-8-17(24-4)9-6-15/h5-11,13-14H,12H2,1-4H3,(H,22,23). The number of benzene rings is 2. The van der Waals surface area contributed by atoms with Gasteiger partial charge in [-0.25, -0.2) is 0 Å². The maximum Gasteiger partial charge on any atom is 0.258 e. The maximum absolute atomic E-state index is 12.1. The van der Waals surface area contributed by atoms with E-state index < -0.39 is 0 Å². The number of amides is 1. The van der Waals surface area contributed by atoms with E-state index in [1.54, 1.807) is 7.11 Å². The Balaban J connectivity index is 1.89. The number of halogens is 1. The van der Waals surface area contributed by atoms with E-state index in [0.29, 0.717) is 11.7 Å². The molecule has 0 aliphatic carbocycles. The van der Waals surface area contributed by atoms with Crippen LogP contribution in [0.25, 0.3) is 0 Å². The van der Waals surface area contributed by atoms with Crippen molar-refractivity contribution in [3.63, 3.8) is 0 Å². The first kappa shape index (κ1) is 19.3. The largest absolute Gasteiger partial charge is 0.497 e. The quantitative estimate of drug-likeness (QED) is 0.716. The summed E-state index contributed by atoms with van der Waals surface area (Å²) in [6.07, 6.45) is 0. The highest BCUT2D eigenvalue weighted by Gasteiger charge is 2.12. The van der Waals surface area contributed by atoms with Gasteiger partial charge in [0.1, 0.15) is 11.5 Å². The van der Waals surface area contributed by atoms with E-state index >= 15 is 0 Å². The summed E-state index contributed by atoms with van der Waals surface area (Å²) in [6.45, 7) is 6.18. The lowest BCUT2D eigenvalue weighted by Crippen LogP contribution is -2.31. The molecule has 1 N–H and O–H groups in total. The molecule has 0 aliphatic heterocycles. The van der Waals surface area contributed by atoms with Crippen LogP contribution in [0.2, 0.25) is 0 Å². The predicted octanol–water partition coefficient (Wildman–Crippen LogP) is 4.84. The molecule has 1 atom stereocenters. The Morgan fingerprint density at radius 2 is 1.72 bits per heavy atom. The van der Waals surface area contributed by atoms with Crippen molar-refractivity contribution >= 4 is 21.8 Å². The first-order chi connectivity index (χ1) is 11.9. The van der Waals surface area contributed by atoms with Crippen LogP contribution in [-0.4, -0.2) is 19.6 Å². The second kappa shape index (κ2) is 8.90. The molecular weight excluding hydrogens is 382 g/mol. The Hall–Kier alpha value is -2.01. The zero-order chi connectivity index (χ0) is 18.4. The van der Waals surface area contributed by atoms with Crippen LogP contribution in [0.15, 0.2) is 46.9 Å². The lowest BCUT2D eigenvalue weighted by Gasteiger charge is -2.16. The van der Waals surface area contributed by atoms with Crippen molar-refractivity contribution in [1.82, 2.24) is 5.32 Å². The zero-order valence-corrected chi connectivity index (χ0v) is 16.6. The Kier molecular flexibility index (Phi) is 6.88. The lowest BCUT2D eigenvalue weighted by atomic mass is 10.0. The molecular formula is C20H24BrNO3. The van der Waals surface area contributed by atoms with Crippen molar-refractivity contribution < 1.29 is 14.3 Å². The van der Waals surface area contributed by atoms with Crippen molar-refractivity contribution in [1.29, 1.82) is 0 Å². The molecule has 2 aromatic rings. The topological polar surface area (TPSA) is 47.6 Å². The van der Waals surface area contributed by atoms with Gasteiger partial charge in [-0.1, -0.05) is 32.0 Å². The van der Waals surface area contributed by atoms with Gasteiger partial charge in [0.05, 0.1) is 17.6 Å². The minimum absolute atomic E-state index is 0.0277. The van der Waals surface area contributed by atoms with Crippen LogP contribution < -0.4 is 14.8 Å². The van der Waals surface area contributed by atoms with Crippen LogP contribution in [0.3, 0.4) is 0 Å². The second-order valence-corrected chi connectivity index (χ2v) is 7.05. The maximum atomic E-state index is 12.1. The number of hydrogen-bond acceptors (Lipinski definition) is 3. The molecule has 2 rings (SSSR count). The third-order valence-corrected chi connectivity index (χ3v) is 4.59. The number of nitrogens with one attached hydrogen (secondary N) is 1. The van der Waals surface area contributed by atoms with Crippen molar-refractivity contribution in [2.45, 2.75) is 32.7 Å². The Morgan fingerprint density at radius 1 is 1.08 bits per heavy atom. The highest BCUT2D eigenvalue weighted by molar-refractivity contribution is 9.10. The molecule has 0 radical (unpaired) electrons. The minimum Gasteiger partial charge on any atom is -0.497 e. The molecule has 0 saturated heterocycles. The molecule has 0 spiro atoms. The number of carbonyl (C=O) groups is 1. The van der Waals surface area contributed by atoms with Crippen molar-refractivity contribution in [2.75, 3.05) is 13.7 Å². The summed E-state index contributed by atoms with van der Waals surface area (Å²) in [6, 6.07) is 13.5. The molecule has 5 heteroatoms. The molecule has 25 heavy (non-hydrogen) atoms. The van der Waals surface area contributed by atoms with Crippen molar-refractivity contribution in [3.8, 4) is 11.5 Å². The van der Waals surface area contributed by atoms with Gasteiger partial charge in [0.2, 0.25) is 0 Å². The number of carbonyl (C=O) groups excluding carboxylic acids is 1. The zero-order valence-electron chi connectivity index (χ0n) is 15.0. The smallest absolute Gasteiger partial charge is 0.258 e. The molecule has 2 aromatic carbocycles. The average Bonchev–Trinajstić information content (AvgIpc) is 2.60. The van der Waals surface area contributed by atoms with Crippen molar-refractivity contribution in [2.24, 2.45) is 0 Å². The van der Waals surface area contributed by atoms with Crippen LogP contribution in [0, 0.1) is 0 Å². The fraction of sp³-hybridized carbons (Fsp3) is 0.350. The van der Waals surface area contributed by atoms with Crippen LogP contribution in [0.1, 0.15) is 43.9 Å². The molecule has 134 valence electrons. The van der Waals surface area contributed by atoms with Gasteiger partial charge in [-0.2, -0.15) is 0 Å². The molecule has 0 heterocycles. The molecule has 1 unspecified atom stereocenters. The first-order valence-electron chi connectivity index (χ1n) is 8.26. The molecule has 0 bridgehead atoms. The fourth-order valence-corrected chi connectivity index (χ4v) is 2.91. The molecule has 0 saturated carbocycles. The summed E-state index contributed by atoms with van der Waals surface area (Å²) in [7, 11) is 1.63. The van der Waals surface area contributed by atoms with Crippen LogP contribution in [0.5, 0.6) is 11.5 Å². The fourth-order valence-electron chi connectivity index (χ4n) is 2.40. The van der Waals surface area contributed by atoms with Gasteiger partial charge < -0.3 is 14.8 Å². The van der Waals surface area contributed by atoms with Gasteiger partial charge in [-0.3, -0.25) is 4.79 Å². The van der Waals surface area contributed by atoms with Gasteiger partial charge in [0, 0.05) is 0 Å². The highest BCUT2D eigenvalue weighted by atomic mass is 79.9. The SMILES string of the molecule is COc1ccc(C(C)NC(=O)COc2ccc(C(C)C)cc2Br)cc1. The molecule has 1 amide bonds. The predicted molar refractivity (Wildman–Crippen MR) is 103 cm³/mol. The summed E-state index contributed by atoms with van der Waals surface area (Å²) >= 11 is 3.50. The monoisotopic (exact) mass is 405 g/mol. The van der Waals surface area contributed by atoms with Crippen LogP contribution >= 0.6 is 15.9 Å². The minimum atomic E-state index is -0.164. The molecule has 4 nitrogen and oxygen atoms in total. The number of hydrogen-bond donors (Lipinski definition) is 1. The van der Waals surface area contributed by atoms with Crippen molar-refractivity contribution in [3.05, 3.63) is 58.1 Å². The van der Waals surface area contributed by atoms with Gasteiger partial charge in [0.15, 0.2) is 6.61 Å². The van der Waals surface area contributed by atoms with E-state index in [1.807, 2.05) is 49.4 Å². The van der Waals surface area contributed by atoms with E-state index in [4.69, 9.17) is 9.47 Å². The van der Waals surface area contributed by atoms with E-state index in [1.165, 1.54) is 5.56 Å². The van der Waals surface area contributed by atoms with E-state index in [0.717, 1.165) is 15.8 Å². The third kappa shape index (κ3) is 5.49. The molecule has 0 aliphatic rings. The molecule has 0 fully saturated rings. The third-order valence-electron chi connectivity index (χ3n) is 3.97. The summed E-state index contributed by atoms with van der Waals surface area (Å²) in [4.78, 5) is 12.1. The van der Waals surface area contributed by atoms with Crippen LogP contribution in [0.4, 0.5) is 0 Å². The summed E-state index contributed by atoms with van der Waals surface area (Å²) < 4.78 is 11.6. The van der Waals surface area contributed by atoms with Gasteiger partial charge in [-0.15, -0.1) is 0 Å². The Bertz CT molecular complexity index is 713. The number of rotatable bonds is 7. The Labute approximate surface area is 157 Å². The number of methoxy groups -OCH3 is 1. The summed E-state index contributed by atoms with van der Waals surface area (Å²) in [5.74, 6) is 1.74. The lowest BCUT2D eigenvalue weighted by molar-refractivity contribution is -0.123.